The lowest BCUT2D eigenvalue weighted by atomic mass is 10.1. The van der Waals surface area contributed by atoms with Crippen LogP contribution in [0.2, 0.25) is 5.02 Å². The zero-order valence-corrected chi connectivity index (χ0v) is 25.5. The molecule has 1 atom stereocenters. The van der Waals surface area contributed by atoms with E-state index in [4.69, 9.17) is 16.3 Å². The van der Waals surface area contributed by atoms with Crippen molar-refractivity contribution in [3.05, 3.63) is 88.9 Å². The van der Waals surface area contributed by atoms with Gasteiger partial charge in [0.15, 0.2) is 0 Å². The lowest BCUT2D eigenvalue weighted by Crippen LogP contribution is -2.52. The van der Waals surface area contributed by atoms with Crippen LogP contribution in [0.1, 0.15) is 37.8 Å². The predicted molar refractivity (Wildman–Crippen MR) is 163 cm³/mol. The second kappa shape index (κ2) is 14.9. The minimum absolute atomic E-state index is 0.0315. The van der Waals surface area contributed by atoms with E-state index in [2.05, 4.69) is 5.32 Å². The van der Waals surface area contributed by atoms with E-state index in [1.807, 2.05) is 44.2 Å². The number of unbranched alkanes of at least 4 members (excludes halogenated alkanes) is 1. The smallest absolute Gasteiger partial charge is 0.264 e. The van der Waals surface area contributed by atoms with Crippen LogP contribution in [0.3, 0.4) is 0 Å². The molecule has 0 saturated heterocycles. The Bertz CT molecular complexity index is 1420. The molecule has 2 amide bonds. The quantitative estimate of drug-likeness (QED) is 0.256. The number of aryl methyl sites for hydroxylation is 1. The van der Waals surface area contributed by atoms with Crippen LogP contribution in [0, 0.1) is 6.92 Å². The van der Waals surface area contributed by atoms with Gasteiger partial charge in [-0.05, 0) is 62.6 Å². The molecule has 1 N–H and O–H groups in total. The number of nitrogens with one attached hydrogen (secondary N) is 1. The predicted octanol–water partition coefficient (Wildman–Crippen LogP) is 5.23. The summed E-state index contributed by atoms with van der Waals surface area (Å²) in [5.41, 5.74) is 2.09. The SMILES string of the molecule is CCCCNC(=O)C(C)N(CCc1ccccc1)C(=O)CN(c1ccc(OC)c(Cl)c1)S(=O)(=O)c1ccc(C)cc1. The Morgan fingerprint density at radius 2 is 1.71 bits per heavy atom. The number of carbonyl (C=O) groups excluding carboxylic acids is 2. The first-order chi connectivity index (χ1) is 19.6. The van der Waals surface area contributed by atoms with Gasteiger partial charge in [-0.3, -0.25) is 13.9 Å². The van der Waals surface area contributed by atoms with E-state index >= 15 is 0 Å². The van der Waals surface area contributed by atoms with E-state index in [1.54, 1.807) is 31.2 Å². The molecule has 0 spiro atoms. The highest BCUT2D eigenvalue weighted by Crippen LogP contribution is 2.32. The van der Waals surface area contributed by atoms with Crippen molar-refractivity contribution in [2.75, 3.05) is 31.0 Å². The van der Waals surface area contributed by atoms with Crippen molar-refractivity contribution in [3.8, 4) is 5.75 Å². The highest BCUT2D eigenvalue weighted by molar-refractivity contribution is 7.92. The number of hydrogen-bond donors (Lipinski definition) is 1. The van der Waals surface area contributed by atoms with Gasteiger partial charge < -0.3 is 15.0 Å². The average Bonchev–Trinajstić information content (AvgIpc) is 2.96. The number of ether oxygens (including phenoxy) is 1. The molecule has 0 fully saturated rings. The minimum atomic E-state index is -4.18. The van der Waals surface area contributed by atoms with Crippen LogP contribution in [-0.2, 0) is 26.0 Å². The molecule has 3 rings (SSSR count). The molecular formula is C31H38ClN3O5S. The number of hydrogen-bond acceptors (Lipinski definition) is 5. The van der Waals surface area contributed by atoms with E-state index in [9.17, 15) is 18.0 Å². The summed E-state index contributed by atoms with van der Waals surface area (Å²) in [6.45, 7) is 5.75. The molecule has 220 valence electrons. The first-order valence-corrected chi connectivity index (χ1v) is 15.4. The van der Waals surface area contributed by atoms with E-state index in [0.29, 0.717) is 18.7 Å². The average molecular weight is 600 g/mol. The van der Waals surface area contributed by atoms with Crippen molar-refractivity contribution in [3.63, 3.8) is 0 Å². The Morgan fingerprint density at radius 3 is 2.32 bits per heavy atom. The molecule has 10 heteroatoms. The zero-order valence-electron chi connectivity index (χ0n) is 24.0. The van der Waals surface area contributed by atoms with E-state index in [1.165, 1.54) is 30.2 Å². The van der Waals surface area contributed by atoms with Gasteiger partial charge in [-0.25, -0.2) is 8.42 Å². The summed E-state index contributed by atoms with van der Waals surface area (Å²) in [5.74, 6) is -0.432. The third kappa shape index (κ3) is 8.47. The summed E-state index contributed by atoms with van der Waals surface area (Å²) in [6.07, 6.45) is 2.23. The Hall–Kier alpha value is -3.56. The van der Waals surface area contributed by atoms with Crippen LogP contribution < -0.4 is 14.4 Å². The number of sulfonamides is 1. The largest absolute Gasteiger partial charge is 0.495 e. The molecule has 3 aromatic rings. The molecule has 0 aliphatic carbocycles. The van der Waals surface area contributed by atoms with Crippen LogP contribution in [0.25, 0.3) is 0 Å². The molecule has 41 heavy (non-hydrogen) atoms. The normalized spacial score (nSPS) is 11.9. The fourth-order valence-electron chi connectivity index (χ4n) is 4.28. The molecule has 8 nitrogen and oxygen atoms in total. The van der Waals surface area contributed by atoms with Gasteiger partial charge in [0.05, 0.1) is 22.7 Å². The van der Waals surface area contributed by atoms with Gasteiger partial charge in [0.25, 0.3) is 10.0 Å². The molecule has 0 bridgehead atoms. The van der Waals surface area contributed by atoms with Crippen LogP contribution in [0.5, 0.6) is 5.75 Å². The van der Waals surface area contributed by atoms with Gasteiger partial charge in [-0.15, -0.1) is 0 Å². The van der Waals surface area contributed by atoms with Gasteiger partial charge in [-0.2, -0.15) is 0 Å². The number of rotatable bonds is 14. The minimum Gasteiger partial charge on any atom is -0.495 e. The summed E-state index contributed by atoms with van der Waals surface area (Å²) in [7, 11) is -2.72. The van der Waals surface area contributed by atoms with Crippen molar-refractivity contribution in [1.82, 2.24) is 10.2 Å². The Kier molecular flexibility index (Phi) is 11.6. The number of benzene rings is 3. The Morgan fingerprint density at radius 1 is 1.02 bits per heavy atom. The van der Waals surface area contributed by atoms with Crippen molar-refractivity contribution in [2.45, 2.75) is 51.0 Å². The lowest BCUT2D eigenvalue weighted by molar-refractivity contribution is -0.138. The third-order valence-corrected chi connectivity index (χ3v) is 8.88. The van der Waals surface area contributed by atoms with Crippen LogP contribution in [0.4, 0.5) is 5.69 Å². The maximum atomic E-state index is 13.9. The van der Waals surface area contributed by atoms with Crippen LogP contribution in [0.15, 0.2) is 77.7 Å². The third-order valence-electron chi connectivity index (χ3n) is 6.79. The maximum absolute atomic E-state index is 13.9. The number of nitrogens with zero attached hydrogens (tertiary/aromatic N) is 2. The Balaban J connectivity index is 1.99. The van der Waals surface area contributed by atoms with E-state index in [-0.39, 0.29) is 28.1 Å². The summed E-state index contributed by atoms with van der Waals surface area (Å²) in [5, 5.41) is 3.09. The first kappa shape index (κ1) is 32.0. The van der Waals surface area contributed by atoms with Gasteiger partial charge in [-0.1, -0.05) is 73.0 Å². The molecule has 1 unspecified atom stereocenters. The fourth-order valence-corrected chi connectivity index (χ4v) is 5.94. The number of anilines is 1. The number of halogens is 1. The van der Waals surface area contributed by atoms with E-state index in [0.717, 1.165) is 28.3 Å². The highest BCUT2D eigenvalue weighted by atomic mass is 35.5. The molecule has 0 aromatic heterocycles. The second-order valence-electron chi connectivity index (χ2n) is 9.79. The van der Waals surface area contributed by atoms with E-state index < -0.39 is 28.5 Å². The van der Waals surface area contributed by atoms with Gasteiger partial charge in [0.1, 0.15) is 18.3 Å². The molecule has 3 aromatic carbocycles. The first-order valence-electron chi connectivity index (χ1n) is 13.6. The van der Waals surface area contributed by atoms with Gasteiger partial charge in [0.2, 0.25) is 11.8 Å². The van der Waals surface area contributed by atoms with Crippen LogP contribution in [-0.4, -0.2) is 57.9 Å². The maximum Gasteiger partial charge on any atom is 0.264 e. The Labute approximate surface area is 248 Å². The van der Waals surface area contributed by atoms with Crippen molar-refractivity contribution < 1.29 is 22.7 Å². The second-order valence-corrected chi connectivity index (χ2v) is 12.1. The lowest BCUT2D eigenvalue weighted by Gasteiger charge is -2.32. The molecular weight excluding hydrogens is 562 g/mol. The summed E-state index contributed by atoms with van der Waals surface area (Å²) >= 11 is 6.36. The topological polar surface area (TPSA) is 96.0 Å². The summed E-state index contributed by atoms with van der Waals surface area (Å²) in [4.78, 5) is 28.4. The van der Waals surface area contributed by atoms with Crippen molar-refractivity contribution >= 4 is 39.1 Å². The molecule has 0 radical (unpaired) electrons. The molecule has 0 heterocycles. The summed E-state index contributed by atoms with van der Waals surface area (Å²) < 4.78 is 34.1. The molecule has 0 aliphatic rings. The number of methoxy groups -OCH3 is 1. The standard InChI is InChI=1S/C31H38ClN3O5S/c1-5-6-19-33-31(37)24(3)34(20-18-25-10-8-7-9-11-25)30(36)22-35(26-14-17-29(40-4)28(32)21-26)41(38,39)27-15-12-23(2)13-16-27/h7-17,21,24H,5-6,18-20,22H2,1-4H3,(H,33,37). The van der Waals surface area contributed by atoms with Gasteiger partial charge in [0, 0.05) is 13.1 Å². The van der Waals surface area contributed by atoms with Gasteiger partial charge >= 0.3 is 0 Å². The zero-order chi connectivity index (χ0) is 30.0. The monoisotopic (exact) mass is 599 g/mol. The fraction of sp³-hybridized carbons (Fsp3) is 0.355. The highest BCUT2D eigenvalue weighted by Gasteiger charge is 2.32. The summed E-state index contributed by atoms with van der Waals surface area (Å²) in [6, 6.07) is 19.8. The molecule has 0 aliphatic heterocycles. The number of carbonyl (C=O) groups is 2. The number of amides is 2. The molecule has 0 saturated carbocycles. The van der Waals surface area contributed by atoms with Crippen molar-refractivity contribution in [1.29, 1.82) is 0 Å². The van der Waals surface area contributed by atoms with Crippen molar-refractivity contribution in [2.24, 2.45) is 0 Å². The van der Waals surface area contributed by atoms with Crippen LogP contribution >= 0.6 is 11.6 Å².